The monoisotopic (exact) mass is 378 g/mol. The maximum atomic E-state index is 13.1. The van der Waals surface area contributed by atoms with Crippen molar-refractivity contribution in [1.82, 2.24) is 5.32 Å². The van der Waals surface area contributed by atoms with Crippen molar-refractivity contribution in [2.45, 2.75) is 6.18 Å². The molecule has 1 aliphatic rings. The first-order valence-corrected chi connectivity index (χ1v) is 8.19. The summed E-state index contributed by atoms with van der Waals surface area (Å²) >= 11 is 0. The van der Waals surface area contributed by atoms with Gasteiger partial charge in [-0.2, -0.15) is 13.2 Å². The van der Waals surface area contributed by atoms with E-state index in [9.17, 15) is 22.8 Å². The number of carbonyl (C=O) groups excluding carboxylic acids is 2. The molecular weight excluding hydrogens is 361 g/mol. The second kappa shape index (κ2) is 7.56. The molecule has 2 aromatic rings. The third-order valence-corrected chi connectivity index (χ3v) is 4.01. The third-order valence-electron chi connectivity index (χ3n) is 4.01. The van der Waals surface area contributed by atoms with E-state index >= 15 is 0 Å². The van der Waals surface area contributed by atoms with Gasteiger partial charge in [-0.1, -0.05) is 24.3 Å². The highest BCUT2D eigenvalue weighted by molar-refractivity contribution is 6.02. The fourth-order valence-electron chi connectivity index (χ4n) is 2.81. The van der Waals surface area contributed by atoms with E-state index in [1.807, 2.05) is 0 Å². The maximum absolute atomic E-state index is 13.1. The first-order chi connectivity index (χ1) is 12.8. The summed E-state index contributed by atoms with van der Waals surface area (Å²) < 4.78 is 39.2. The van der Waals surface area contributed by atoms with E-state index in [-0.39, 0.29) is 18.1 Å². The van der Waals surface area contributed by atoms with Gasteiger partial charge in [-0.15, -0.1) is 0 Å². The molecule has 0 atom stereocenters. The number of nitrogens with zero attached hydrogens (tertiary/aromatic N) is 1. The fourth-order valence-corrected chi connectivity index (χ4v) is 2.81. The van der Waals surface area contributed by atoms with E-state index in [2.05, 4.69) is 16.0 Å². The van der Waals surface area contributed by atoms with Gasteiger partial charge in [-0.05, 0) is 24.3 Å². The highest BCUT2D eigenvalue weighted by Gasteiger charge is 2.33. The van der Waals surface area contributed by atoms with Crippen molar-refractivity contribution < 1.29 is 22.8 Å². The maximum Gasteiger partial charge on any atom is 0.418 e. The molecule has 9 heteroatoms. The molecule has 0 saturated carbocycles. The number of halogens is 3. The lowest BCUT2D eigenvalue weighted by Crippen LogP contribution is -2.48. The molecule has 0 unspecified atom stereocenters. The number of amides is 3. The Morgan fingerprint density at radius 3 is 2.33 bits per heavy atom. The van der Waals surface area contributed by atoms with E-state index in [1.54, 1.807) is 29.2 Å². The molecule has 2 aromatic carbocycles. The van der Waals surface area contributed by atoms with Gasteiger partial charge >= 0.3 is 12.2 Å². The van der Waals surface area contributed by atoms with Crippen LogP contribution in [0, 0.1) is 0 Å². The van der Waals surface area contributed by atoms with Crippen LogP contribution in [0.25, 0.3) is 0 Å². The fraction of sp³-hybridized carbons (Fsp3) is 0.222. The molecule has 0 radical (unpaired) electrons. The smallest absolute Gasteiger partial charge is 0.359 e. The van der Waals surface area contributed by atoms with Gasteiger partial charge in [0.25, 0.3) is 0 Å². The molecule has 3 rings (SSSR count). The second-order valence-corrected chi connectivity index (χ2v) is 5.91. The highest BCUT2D eigenvalue weighted by Crippen LogP contribution is 2.34. The first-order valence-electron chi connectivity index (χ1n) is 8.19. The number of alkyl halides is 3. The van der Waals surface area contributed by atoms with E-state index in [0.717, 1.165) is 6.07 Å². The largest absolute Gasteiger partial charge is 0.418 e. The van der Waals surface area contributed by atoms with Gasteiger partial charge in [-0.25, -0.2) is 4.79 Å². The Balaban J connectivity index is 1.77. The molecule has 142 valence electrons. The Bertz CT molecular complexity index is 854. The Kier molecular flexibility index (Phi) is 5.20. The van der Waals surface area contributed by atoms with E-state index in [0.29, 0.717) is 24.5 Å². The molecule has 3 N–H and O–H groups in total. The molecular formula is C18H17F3N4O2. The molecule has 1 fully saturated rings. The average molecular weight is 378 g/mol. The topological polar surface area (TPSA) is 73.5 Å². The number of piperazine rings is 1. The van der Waals surface area contributed by atoms with Gasteiger partial charge in [0.2, 0.25) is 5.91 Å². The SMILES string of the molecule is O=C1CN(c2ccccc2NC(=O)Nc2ccccc2C(F)(F)F)CCN1. The molecule has 6 nitrogen and oxygen atoms in total. The summed E-state index contributed by atoms with van der Waals surface area (Å²) in [5.41, 5.74) is -0.251. The van der Waals surface area contributed by atoms with Gasteiger partial charge in [-0.3, -0.25) is 4.79 Å². The van der Waals surface area contributed by atoms with Crippen molar-refractivity contribution in [3.05, 3.63) is 54.1 Å². The molecule has 27 heavy (non-hydrogen) atoms. The van der Waals surface area contributed by atoms with Gasteiger partial charge in [0, 0.05) is 13.1 Å². The van der Waals surface area contributed by atoms with Crippen LogP contribution in [0.1, 0.15) is 5.56 Å². The standard InChI is InChI=1S/C18H17F3N4O2/c19-18(20,21)12-5-1-2-6-13(12)23-17(27)24-14-7-3-4-8-15(14)25-10-9-22-16(26)11-25/h1-8H,9-11H2,(H,22,26)(H2,23,24,27). The summed E-state index contributed by atoms with van der Waals surface area (Å²) in [5.74, 6) is -0.139. The summed E-state index contributed by atoms with van der Waals surface area (Å²) in [6.07, 6.45) is -4.58. The minimum absolute atomic E-state index is 0.136. The second-order valence-electron chi connectivity index (χ2n) is 5.91. The van der Waals surface area contributed by atoms with Crippen molar-refractivity contribution in [3.63, 3.8) is 0 Å². The van der Waals surface area contributed by atoms with E-state index in [4.69, 9.17) is 0 Å². The van der Waals surface area contributed by atoms with Crippen molar-refractivity contribution in [2.75, 3.05) is 35.2 Å². The van der Waals surface area contributed by atoms with Crippen molar-refractivity contribution >= 4 is 29.0 Å². The number of anilines is 3. The molecule has 3 amide bonds. The van der Waals surface area contributed by atoms with Gasteiger partial charge in [0.05, 0.1) is 29.2 Å². The predicted molar refractivity (Wildman–Crippen MR) is 95.8 cm³/mol. The van der Waals surface area contributed by atoms with Crippen LogP contribution in [0.4, 0.5) is 35.0 Å². The first kappa shape index (κ1) is 18.6. The predicted octanol–water partition coefficient (Wildman–Crippen LogP) is 3.29. The molecule has 1 aliphatic heterocycles. The van der Waals surface area contributed by atoms with Crippen LogP contribution in [0.5, 0.6) is 0 Å². The number of hydrogen-bond acceptors (Lipinski definition) is 3. The number of benzene rings is 2. The van der Waals surface area contributed by atoms with Crippen LogP contribution in [-0.4, -0.2) is 31.6 Å². The number of rotatable bonds is 3. The molecule has 0 aliphatic carbocycles. The van der Waals surface area contributed by atoms with Crippen LogP contribution in [0.2, 0.25) is 0 Å². The van der Waals surface area contributed by atoms with Crippen LogP contribution in [0.3, 0.4) is 0 Å². The van der Waals surface area contributed by atoms with Crippen molar-refractivity contribution in [1.29, 1.82) is 0 Å². The van der Waals surface area contributed by atoms with Crippen LogP contribution >= 0.6 is 0 Å². The third kappa shape index (κ3) is 4.49. The Labute approximate surface area is 153 Å². The molecule has 1 saturated heterocycles. The highest BCUT2D eigenvalue weighted by atomic mass is 19.4. The Morgan fingerprint density at radius 2 is 1.63 bits per heavy atom. The van der Waals surface area contributed by atoms with Crippen molar-refractivity contribution in [3.8, 4) is 0 Å². The van der Waals surface area contributed by atoms with E-state index in [1.165, 1.54) is 18.2 Å². The lowest BCUT2D eigenvalue weighted by atomic mass is 10.1. The van der Waals surface area contributed by atoms with Gasteiger partial charge < -0.3 is 20.9 Å². The number of hydrogen-bond donors (Lipinski definition) is 3. The summed E-state index contributed by atoms with van der Waals surface area (Å²) in [6.45, 7) is 1.17. The number of para-hydroxylation sites is 3. The average Bonchev–Trinajstić information content (AvgIpc) is 2.61. The molecule has 0 spiro atoms. The van der Waals surface area contributed by atoms with Crippen LogP contribution in [0.15, 0.2) is 48.5 Å². The zero-order chi connectivity index (χ0) is 19.4. The van der Waals surface area contributed by atoms with Gasteiger partial charge in [0.15, 0.2) is 0 Å². The zero-order valence-electron chi connectivity index (χ0n) is 14.1. The molecule has 0 bridgehead atoms. The Hall–Kier alpha value is -3.23. The summed E-state index contributed by atoms with van der Waals surface area (Å²) in [5, 5.41) is 7.50. The number of carbonyl (C=O) groups is 2. The van der Waals surface area contributed by atoms with Crippen molar-refractivity contribution in [2.24, 2.45) is 0 Å². The minimum atomic E-state index is -4.58. The lowest BCUT2D eigenvalue weighted by molar-refractivity contribution is -0.136. The summed E-state index contributed by atoms with van der Waals surface area (Å²) in [7, 11) is 0. The lowest BCUT2D eigenvalue weighted by Gasteiger charge is -2.30. The van der Waals surface area contributed by atoms with Crippen LogP contribution < -0.4 is 20.9 Å². The van der Waals surface area contributed by atoms with Gasteiger partial charge in [0.1, 0.15) is 0 Å². The van der Waals surface area contributed by atoms with E-state index < -0.39 is 17.8 Å². The zero-order valence-corrected chi connectivity index (χ0v) is 14.1. The Morgan fingerprint density at radius 1 is 1.00 bits per heavy atom. The van der Waals surface area contributed by atoms with Crippen LogP contribution in [-0.2, 0) is 11.0 Å². The quantitative estimate of drug-likeness (QED) is 0.767. The summed E-state index contributed by atoms with van der Waals surface area (Å²) in [6, 6.07) is 10.7. The number of nitrogens with one attached hydrogen (secondary N) is 3. The molecule has 1 heterocycles. The normalized spacial score (nSPS) is 14.5. The minimum Gasteiger partial charge on any atom is -0.359 e. The number of urea groups is 1. The summed E-state index contributed by atoms with van der Waals surface area (Å²) in [4.78, 5) is 25.7. The molecule has 0 aromatic heterocycles.